The number of nitrogens with one attached hydrogen (secondary N) is 3. The van der Waals surface area contributed by atoms with Gasteiger partial charge in [0, 0.05) is 21.5 Å². The molecule has 0 saturated heterocycles. The molecule has 3 rings (SSSR count). The molecule has 0 aliphatic rings. The highest BCUT2D eigenvalue weighted by atomic mass is 127. The molecule has 2 aromatic carbocycles. The number of carbonyl (C=O) groups is 1. The summed E-state index contributed by atoms with van der Waals surface area (Å²) in [6, 6.07) is 15.4. The molecule has 1 amide bonds. The maximum atomic E-state index is 11.4. The molecule has 0 aliphatic heterocycles. The van der Waals surface area contributed by atoms with Gasteiger partial charge in [-0.3, -0.25) is 4.79 Å². The zero-order chi connectivity index (χ0) is 19.9. The lowest BCUT2D eigenvalue weighted by atomic mass is 10.2. The van der Waals surface area contributed by atoms with E-state index >= 15 is 0 Å². The fourth-order valence-corrected chi connectivity index (χ4v) is 2.87. The second kappa shape index (κ2) is 9.52. The van der Waals surface area contributed by atoms with E-state index in [9.17, 15) is 4.79 Å². The van der Waals surface area contributed by atoms with Gasteiger partial charge in [0.25, 0.3) is 0 Å². The summed E-state index contributed by atoms with van der Waals surface area (Å²) >= 11 is 8.47. The van der Waals surface area contributed by atoms with Crippen LogP contribution in [-0.2, 0) is 11.3 Å². The van der Waals surface area contributed by atoms with E-state index in [1.54, 1.807) is 6.20 Å². The van der Waals surface area contributed by atoms with Crippen molar-refractivity contribution < 1.29 is 4.79 Å². The molecule has 142 valence electrons. The summed E-state index contributed by atoms with van der Waals surface area (Å²) in [5, 5.41) is 9.51. The third-order valence-electron chi connectivity index (χ3n) is 3.68. The highest BCUT2D eigenvalue weighted by molar-refractivity contribution is 14.1. The van der Waals surface area contributed by atoms with Crippen LogP contribution in [0.1, 0.15) is 5.56 Å². The van der Waals surface area contributed by atoms with Gasteiger partial charge in [-0.2, -0.15) is 4.98 Å². The van der Waals surface area contributed by atoms with Crippen molar-refractivity contribution in [2.45, 2.75) is 6.54 Å². The Morgan fingerprint density at radius 2 is 1.96 bits per heavy atom. The Morgan fingerprint density at radius 3 is 2.71 bits per heavy atom. The summed E-state index contributed by atoms with van der Waals surface area (Å²) in [5.41, 5.74) is 2.54. The van der Waals surface area contributed by atoms with Crippen LogP contribution in [0.15, 0.2) is 67.4 Å². The lowest BCUT2D eigenvalue weighted by Gasteiger charge is -2.11. The molecule has 0 bridgehead atoms. The van der Waals surface area contributed by atoms with Crippen LogP contribution < -0.4 is 16.0 Å². The van der Waals surface area contributed by atoms with Crippen molar-refractivity contribution in [3.05, 3.63) is 81.5 Å². The number of nitrogens with zero attached hydrogens (tertiary/aromatic N) is 2. The largest absolute Gasteiger partial charge is 0.365 e. The van der Waals surface area contributed by atoms with E-state index < -0.39 is 0 Å². The molecule has 0 atom stereocenters. The third-order valence-corrected chi connectivity index (χ3v) is 4.68. The summed E-state index contributed by atoms with van der Waals surface area (Å²) in [7, 11) is 0. The SMILES string of the molecule is C=CC(=O)Nc1cccc(CNc2nc(Nc3ccc(I)cc3)ncc2Cl)c1. The maximum Gasteiger partial charge on any atom is 0.247 e. The Kier molecular flexibility index (Phi) is 6.83. The average molecular weight is 506 g/mol. The summed E-state index contributed by atoms with van der Waals surface area (Å²) in [6.07, 6.45) is 2.78. The van der Waals surface area contributed by atoms with Crippen LogP contribution in [0.25, 0.3) is 0 Å². The lowest BCUT2D eigenvalue weighted by molar-refractivity contribution is -0.111. The predicted octanol–water partition coefficient (Wildman–Crippen LogP) is 5.21. The first kappa shape index (κ1) is 20.1. The fraction of sp³-hybridized carbons (Fsp3) is 0.0500. The van der Waals surface area contributed by atoms with Crippen LogP contribution in [-0.4, -0.2) is 15.9 Å². The van der Waals surface area contributed by atoms with E-state index in [1.807, 2.05) is 48.5 Å². The number of hydrogen-bond acceptors (Lipinski definition) is 5. The Bertz CT molecular complexity index is 994. The van der Waals surface area contributed by atoms with Gasteiger partial charge in [0.2, 0.25) is 11.9 Å². The van der Waals surface area contributed by atoms with Crippen LogP contribution in [0.5, 0.6) is 0 Å². The van der Waals surface area contributed by atoms with Crippen LogP contribution in [0.2, 0.25) is 5.02 Å². The van der Waals surface area contributed by atoms with E-state index in [0.717, 1.165) is 14.8 Å². The molecule has 1 heterocycles. The molecule has 0 radical (unpaired) electrons. The second-order valence-corrected chi connectivity index (χ2v) is 7.42. The van der Waals surface area contributed by atoms with E-state index in [-0.39, 0.29) is 5.91 Å². The molecule has 0 spiro atoms. The molecule has 1 aromatic heterocycles. The lowest BCUT2D eigenvalue weighted by Crippen LogP contribution is -2.08. The van der Waals surface area contributed by atoms with E-state index in [1.165, 1.54) is 6.08 Å². The normalized spacial score (nSPS) is 10.2. The number of aromatic nitrogens is 2. The Morgan fingerprint density at radius 1 is 1.18 bits per heavy atom. The molecule has 28 heavy (non-hydrogen) atoms. The minimum Gasteiger partial charge on any atom is -0.365 e. The van der Waals surface area contributed by atoms with Gasteiger partial charge >= 0.3 is 0 Å². The number of carbonyl (C=O) groups excluding carboxylic acids is 1. The first-order valence-corrected chi connectivity index (χ1v) is 9.80. The van der Waals surface area contributed by atoms with Gasteiger partial charge in [0.1, 0.15) is 5.02 Å². The molecule has 8 heteroatoms. The number of halogens is 2. The molecular weight excluding hydrogens is 489 g/mol. The summed E-state index contributed by atoms with van der Waals surface area (Å²) < 4.78 is 1.15. The topological polar surface area (TPSA) is 78.9 Å². The molecule has 0 unspecified atom stereocenters. The molecule has 3 aromatic rings. The molecule has 6 nitrogen and oxygen atoms in total. The first-order valence-electron chi connectivity index (χ1n) is 8.35. The van der Waals surface area contributed by atoms with Crippen molar-refractivity contribution in [1.29, 1.82) is 0 Å². The zero-order valence-electron chi connectivity index (χ0n) is 14.7. The minimum absolute atomic E-state index is 0.254. The molecular formula is C20H17ClIN5O. The van der Waals surface area contributed by atoms with Gasteiger partial charge in [-0.1, -0.05) is 30.3 Å². The molecule has 0 fully saturated rings. The van der Waals surface area contributed by atoms with Crippen molar-refractivity contribution in [1.82, 2.24) is 9.97 Å². The number of hydrogen-bond donors (Lipinski definition) is 3. The Labute approximate surface area is 181 Å². The average Bonchev–Trinajstić information content (AvgIpc) is 2.70. The Balaban J connectivity index is 1.68. The monoisotopic (exact) mass is 505 g/mol. The van der Waals surface area contributed by atoms with Gasteiger partial charge < -0.3 is 16.0 Å². The summed E-state index contributed by atoms with van der Waals surface area (Å²) in [6.45, 7) is 3.93. The summed E-state index contributed by atoms with van der Waals surface area (Å²) in [5.74, 6) is 0.709. The van der Waals surface area contributed by atoms with Crippen molar-refractivity contribution in [2.24, 2.45) is 0 Å². The molecule has 0 saturated carbocycles. The quantitative estimate of drug-likeness (QED) is 0.303. The smallest absolute Gasteiger partial charge is 0.247 e. The second-order valence-electron chi connectivity index (χ2n) is 5.77. The third kappa shape index (κ3) is 5.67. The molecule has 0 aliphatic carbocycles. The van der Waals surface area contributed by atoms with Gasteiger partial charge in [0.15, 0.2) is 5.82 Å². The van der Waals surface area contributed by atoms with E-state index in [2.05, 4.69) is 55.1 Å². The highest BCUT2D eigenvalue weighted by Gasteiger charge is 2.07. The number of rotatable bonds is 7. The highest BCUT2D eigenvalue weighted by Crippen LogP contribution is 2.23. The van der Waals surface area contributed by atoms with Gasteiger partial charge in [-0.05, 0) is 70.6 Å². The maximum absolute atomic E-state index is 11.4. The van der Waals surface area contributed by atoms with Crippen molar-refractivity contribution in [3.8, 4) is 0 Å². The van der Waals surface area contributed by atoms with Crippen molar-refractivity contribution >= 4 is 63.2 Å². The first-order chi connectivity index (χ1) is 13.5. The van der Waals surface area contributed by atoms with Crippen molar-refractivity contribution in [2.75, 3.05) is 16.0 Å². The van der Waals surface area contributed by atoms with Crippen LogP contribution in [0.4, 0.5) is 23.1 Å². The van der Waals surface area contributed by atoms with Gasteiger partial charge in [-0.15, -0.1) is 0 Å². The van der Waals surface area contributed by atoms with E-state index in [4.69, 9.17) is 11.6 Å². The predicted molar refractivity (Wildman–Crippen MR) is 122 cm³/mol. The van der Waals surface area contributed by atoms with Crippen LogP contribution in [0, 0.1) is 3.57 Å². The zero-order valence-corrected chi connectivity index (χ0v) is 17.7. The number of amides is 1. The fourth-order valence-electron chi connectivity index (χ4n) is 2.35. The van der Waals surface area contributed by atoms with Gasteiger partial charge in [0.05, 0.1) is 6.20 Å². The van der Waals surface area contributed by atoms with Gasteiger partial charge in [-0.25, -0.2) is 4.98 Å². The van der Waals surface area contributed by atoms with Crippen molar-refractivity contribution in [3.63, 3.8) is 0 Å². The molecule has 3 N–H and O–H groups in total. The number of anilines is 4. The van der Waals surface area contributed by atoms with E-state index in [0.29, 0.717) is 29.0 Å². The Hall–Kier alpha value is -2.65. The summed E-state index contributed by atoms with van der Waals surface area (Å²) in [4.78, 5) is 20.1. The standard InChI is InChI=1S/C20H17ClIN5O/c1-2-18(28)25-16-5-3-4-13(10-16)11-23-19-17(21)12-24-20(27-19)26-15-8-6-14(22)7-9-15/h2-10,12H,1,11H2,(H,25,28)(H2,23,24,26,27). The van der Waals surface area contributed by atoms with Crippen LogP contribution >= 0.6 is 34.2 Å². The van der Waals surface area contributed by atoms with Crippen LogP contribution in [0.3, 0.4) is 0 Å². The number of benzene rings is 2. The minimum atomic E-state index is -0.254.